The van der Waals surface area contributed by atoms with E-state index in [1.54, 1.807) is 0 Å². The molecule has 0 aliphatic heterocycles. The molecule has 0 unspecified atom stereocenters. The molecule has 1 aromatic heterocycles. The molecule has 3 nitrogen and oxygen atoms in total. The fraction of sp³-hybridized carbons (Fsp3) is 0.345. The monoisotopic (exact) mass is 425 g/mol. The molecule has 0 radical (unpaired) electrons. The number of benzene rings is 2. The summed E-state index contributed by atoms with van der Waals surface area (Å²) in [4.78, 5) is 14.9. The molecule has 3 heteroatoms. The average Bonchev–Trinajstić information content (AvgIpc) is 2.76. The highest BCUT2D eigenvalue weighted by Gasteiger charge is 2.12. The Morgan fingerprint density at radius 3 is 1.19 bits per heavy atom. The second-order valence-electron chi connectivity index (χ2n) is 9.02. The van der Waals surface area contributed by atoms with Gasteiger partial charge in [0, 0.05) is 0 Å². The minimum absolute atomic E-state index is 0.879. The molecule has 0 N–H and O–H groups in total. The fourth-order valence-electron chi connectivity index (χ4n) is 4.02. The van der Waals surface area contributed by atoms with Crippen molar-refractivity contribution in [2.75, 3.05) is 0 Å². The first kappa shape index (κ1) is 23.6. The van der Waals surface area contributed by atoms with Crippen molar-refractivity contribution >= 4 is 22.8 Å². The predicted octanol–water partition coefficient (Wildman–Crippen LogP) is 7.83. The van der Waals surface area contributed by atoms with Crippen molar-refractivity contribution in [3.63, 3.8) is 0 Å². The molecule has 0 spiro atoms. The number of hydrogen-bond donors (Lipinski definition) is 0. The summed E-state index contributed by atoms with van der Waals surface area (Å²) in [6.45, 7) is 21.2. The van der Waals surface area contributed by atoms with Crippen molar-refractivity contribution in [2.45, 2.75) is 69.2 Å². The van der Waals surface area contributed by atoms with Gasteiger partial charge in [0.1, 0.15) is 0 Å². The molecule has 0 aliphatic rings. The van der Waals surface area contributed by atoms with Crippen molar-refractivity contribution < 1.29 is 0 Å². The van der Waals surface area contributed by atoms with E-state index in [0.717, 1.165) is 34.2 Å². The molecule has 166 valence electrons. The van der Waals surface area contributed by atoms with Gasteiger partial charge in [-0.2, -0.15) is 0 Å². The lowest BCUT2D eigenvalue weighted by Gasteiger charge is -2.13. The molecule has 0 saturated carbocycles. The molecule has 32 heavy (non-hydrogen) atoms. The number of hydrogen-bond acceptors (Lipinski definition) is 3. The summed E-state index contributed by atoms with van der Waals surface area (Å²) >= 11 is 0. The van der Waals surface area contributed by atoms with Gasteiger partial charge in [-0.05, 0) is 126 Å². The Morgan fingerprint density at radius 2 is 0.875 bits per heavy atom. The molecule has 3 aromatic rings. The highest BCUT2D eigenvalue weighted by Crippen LogP contribution is 2.31. The Balaban J connectivity index is 2.05. The van der Waals surface area contributed by atoms with Crippen LogP contribution in [-0.4, -0.2) is 16.4 Å². The first-order valence-corrected chi connectivity index (χ1v) is 11.2. The van der Waals surface area contributed by atoms with E-state index >= 15 is 0 Å². The van der Waals surface area contributed by atoms with Gasteiger partial charge in [0.05, 0.1) is 34.2 Å². The zero-order valence-corrected chi connectivity index (χ0v) is 21.2. The molecule has 3 rings (SSSR count). The van der Waals surface area contributed by atoms with Gasteiger partial charge in [-0.15, -0.1) is 0 Å². The number of pyridine rings is 1. The predicted molar refractivity (Wildman–Crippen MR) is 139 cm³/mol. The molecule has 1 heterocycles. The summed E-state index contributed by atoms with van der Waals surface area (Å²) in [6.07, 6.45) is 0. The Hall–Kier alpha value is -3.07. The molecule has 0 saturated heterocycles. The summed E-state index contributed by atoms with van der Waals surface area (Å²) < 4.78 is 0. The van der Waals surface area contributed by atoms with Crippen molar-refractivity contribution in [3.05, 3.63) is 86.2 Å². The quantitative estimate of drug-likeness (QED) is 0.392. The van der Waals surface area contributed by atoms with Crippen LogP contribution in [0.1, 0.15) is 69.7 Å². The van der Waals surface area contributed by atoms with E-state index in [0.29, 0.717) is 0 Å². The van der Waals surface area contributed by atoms with Crippen molar-refractivity contribution in [2.24, 2.45) is 9.98 Å². The van der Waals surface area contributed by atoms with Crippen molar-refractivity contribution in [1.29, 1.82) is 0 Å². The molecule has 0 atom stereocenters. The Morgan fingerprint density at radius 1 is 0.562 bits per heavy atom. The van der Waals surface area contributed by atoms with Gasteiger partial charge >= 0.3 is 0 Å². The molecule has 2 aromatic carbocycles. The largest absolute Gasteiger partial charge is 0.251 e. The molecule has 0 aliphatic carbocycles. The summed E-state index contributed by atoms with van der Waals surface area (Å²) in [7, 11) is 0. The summed E-state index contributed by atoms with van der Waals surface area (Å²) in [5, 5.41) is 0. The van der Waals surface area contributed by atoms with Crippen LogP contribution < -0.4 is 0 Å². The number of rotatable bonds is 4. The Labute approximate surface area is 193 Å². The third-order valence-corrected chi connectivity index (χ3v) is 6.70. The number of aliphatic imine (C=N–C) groups is 2. The van der Waals surface area contributed by atoms with Gasteiger partial charge in [0.15, 0.2) is 0 Å². The van der Waals surface area contributed by atoms with Crippen LogP contribution in [0.4, 0.5) is 11.4 Å². The third-order valence-electron chi connectivity index (χ3n) is 6.70. The fourth-order valence-corrected chi connectivity index (χ4v) is 4.02. The highest BCUT2D eigenvalue weighted by atomic mass is 14.8. The standard InChI is InChI=1S/C29H35N3/c1-16-14-17(2)21(6)28(20(16)5)30-24(9)26-12-11-13-27(32-26)25(10)31-29-22(7)18(3)15-19(4)23(29)8/h11-15H,1-10H3/b30-24+,31-25+. The van der Waals surface area contributed by atoms with E-state index in [9.17, 15) is 0 Å². The third kappa shape index (κ3) is 4.57. The molecule has 0 bridgehead atoms. The Bertz CT molecular complexity index is 1110. The van der Waals surface area contributed by atoms with E-state index in [1.807, 2.05) is 32.0 Å². The maximum atomic E-state index is 5.00. The van der Waals surface area contributed by atoms with Gasteiger partial charge in [0.2, 0.25) is 0 Å². The summed E-state index contributed by atoms with van der Waals surface area (Å²) in [6, 6.07) is 10.5. The van der Waals surface area contributed by atoms with Crippen LogP contribution in [0.5, 0.6) is 0 Å². The van der Waals surface area contributed by atoms with Crippen LogP contribution in [-0.2, 0) is 0 Å². The van der Waals surface area contributed by atoms with Crippen LogP contribution in [0.2, 0.25) is 0 Å². The summed E-state index contributed by atoms with van der Waals surface area (Å²) in [5.41, 5.74) is 15.7. The Kier molecular flexibility index (Phi) is 6.78. The van der Waals surface area contributed by atoms with Gasteiger partial charge in [-0.1, -0.05) is 18.2 Å². The molecule has 0 fully saturated rings. The van der Waals surface area contributed by atoms with Gasteiger partial charge < -0.3 is 0 Å². The van der Waals surface area contributed by atoms with E-state index < -0.39 is 0 Å². The highest BCUT2D eigenvalue weighted by molar-refractivity contribution is 6.02. The second kappa shape index (κ2) is 9.20. The zero-order chi connectivity index (χ0) is 23.7. The number of aromatic nitrogens is 1. The average molecular weight is 426 g/mol. The van der Waals surface area contributed by atoms with E-state index in [2.05, 4.69) is 67.5 Å². The van der Waals surface area contributed by atoms with Crippen LogP contribution in [0.15, 0.2) is 40.3 Å². The van der Waals surface area contributed by atoms with Crippen molar-refractivity contribution in [3.8, 4) is 0 Å². The van der Waals surface area contributed by atoms with E-state index in [1.165, 1.54) is 44.5 Å². The van der Waals surface area contributed by atoms with E-state index in [4.69, 9.17) is 15.0 Å². The van der Waals surface area contributed by atoms with Crippen LogP contribution in [0.25, 0.3) is 0 Å². The second-order valence-corrected chi connectivity index (χ2v) is 9.02. The maximum Gasteiger partial charge on any atom is 0.0849 e. The van der Waals surface area contributed by atoms with Gasteiger partial charge in [0.25, 0.3) is 0 Å². The zero-order valence-electron chi connectivity index (χ0n) is 21.2. The lowest BCUT2D eigenvalue weighted by Crippen LogP contribution is -2.06. The van der Waals surface area contributed by atoms with Gasteiger partial charge in [-0.3, -0.25) is 9.98 Å². The summed E-state index contributed by atoms with van der Waals surface area (Å²) in [5.74, 6) is 0. The van der Waals surface area contributed by atoms with Crippen molar-refractivity contribution in [1.82, 2.24) is 4.98 Å². The lowest BCUT2D eigenvalue weighted by molar-refractivity contribution is 1.20. The molecular formula is C29H35N3. The minimum atomic E-state index is 0.879. The maximum absolute atomic E-state index is 5.00. The number of nitrogens with zero attached hydrogens (tertiary/aromatic N) is 3. The minimum Gasteiger partial charge on any atom is -0.251 e. The number of aryl methyl sites for hydroxylation is 4. The topological polar surface area (TPSA) is 37.6 Å². The van der Waals surface area contributed by atoms with E-state index in [-0.39, 0.29) is 0 Å². The van der Waals surface area contributed by atoms with Crippen LogP contribution in [0.3, 0.4) is 0 Å². The SMILES string of the molecule is C/C(=N\c1c(C)c(C)cc(C)c1C)c1cccc(/C(C)=N/c2c(C)c(C)cc(C)c2C)n1. The smallest absolute Gasteiger partial charge is 0.0849 e. The lowest BCUT2D eigenvalue weighted by atomic mass is 9.99. The van der Waals surface area contributed by atoms with Crippen LogP contribution >= 0.6 is 0 Å². The van der Waals surface area contributed by atoms with Gasteiger partial charge in [-0.25, -0.2) is 4.98 Å². The normalized spacial score (nSPS) is 12.4. The molecule has 0 amide bonds. The first-order valence-electron chi connectivity index (χ1n) is 11.2. The van der Waals surface area contributed by atoms with Crippen LogP contribution in [0, 0.1) is 55.4 Å². The first-order chi connectivity index (χ1) is 15.0. The molecular weight excluding hydrogens is 390 g/mol.